The second-order valence-corrected chi connectivity index (χ2v) is 7.12. The summed E-state index contributed by atoms with van der Waals surface area (Å²) >= 11 is 0. The van der Waals surface area contributed by atoms with E-state index in [4.69, 9.17) is 4.52 Å². The van der Waals surface area contributed by atoms with Gasteiger partial charge in [-0.1, -0.05) is 12.1 Å². The molecule has 0 saturated heterocycles. The molecule has 1 N–H and O–H groups in total. The van der Waals surface area contributed by atoms with Crippen LogP contribution in [-0.2, 0) is 16.3 Å². The number of hydrogen-bond acceptors (Lipinski definition) is 6. The van der Waals surface area contributed by atoms with E-state index < -0.39 is 9.84 Å². The molecule has 2 rings (SSSR count). The average molecular weight is 309 g/mol. The standard InChI is InChI=1S/C14H19N3O3S/c1-4-21(18,19)12-7-5-11(6-8-12)14-16-13(17-20-14)9-10(2)15-3/h5-8,10,15H,4,9H2,1-3H3. The molecule has 1 heterocycles. The highest BCUT2D eigenvalue weighted by Gasteiger charge is 2.14. The molecule has 114 valence electrons. The summed E-state index contributed by atoms with van der Waals surface area (Å²) in [6, 6.07) is 6.75. The Hall–Kier alpha value is -1.73. The number of hydrogen-bond donors (Lipinski definition) is 1. The highest BCUT2D eigenvalue weighted by Crippen LogP contribution is 2.20. The fraction of sp³-hybridized carbons (Fsp3) is 0.429. The molecule has 2 aromatic rings. The lowest BCUT2D eigenvalue weighted by molar-refractivity contribution is 0.418. The maximum atomic E-state index is 11.7. The molecule has 0 aliphatic heterocycles. The molecule has 1 aromatic heterocycles. The summed E-state index contributed by atoms with van der Waals surface area (Å²) in [5.41, 5.74) is 0.709. The summed E-state index contributed by atoms with van der Waals surface area (Å²) < 4.78 is 28.7. The van der Waals surface area contributed by atoms with Crippen LogP contribution in [0.2, 0.25) is 0 Å². The molecule has 0 radical (unpaired) electrons. The van der Waals surface area contributed by atoms with Crippen LogP contribution in [0, 0.1) is 0 Å². The van der Waals surface area contributed by atoms with Gasteiger partial charge in [0.2, 0.25) is 0 Å². The van der Waals surface area contributed by atoms with Gasteiger partial charge in [0.1, 0.15) is 0 Å². The summed E-state index contributed by atoms with van der Waals surface area (Å²) in [5, 5.41) is 7.03. The van der Waals surface area contributed by atoms with Gasteiger partial charge >= 0.3 is 0 Å². The molecule has 0 aliphatic carbocycles. The quantitative estimate of drug-likeness (QED) is 0.874. The van der Waals surface area contributed by atoms with Crippen LogP contribution in [0.15, 0.2) is 33.7 Å². The summed E-state index contributed by atoms with van der Waals surface area (Å²) in [6.07, 6.45) is 0.669. The first-order chi connectivity index (χ1) is 9.96. The Morgan fingerprint density at radius 2 is 1.95 bits per heavy atom. The minimum atomic E-state index is -3.19. The lowest BCUT2D eigenvalue weighted by Crippen LogP contribution is -2.24. The van der Waals surface area contributed by atoms with Crippen molar-refractivity contribution in [2.45, 2.75) is 31.2 Å². The van der Waals surface area contributed by atoms with E-state index in [1.54, 1.807) is 31.2 Å². The third kappa shape index (κ3) is 3.68. The maximum absolute atomic E-state index is 11.7. The van der Waals surface area contributed by atoms with Crippen LogP contribution in [0.5, 0.6) is 0 Å². The van der Waals surface area contributed by atoms with Crippen LogP contribution in [0.1, 0.15) is 19.7 Å². The van der Waals surface area contributed by atoms with E-state index >= 15 is 0 Å². The van der Waals surface area contributed by atoms with Crippen molar-refractivity contribution in [1.82, 2.24) is 15.5 Å². The highest BCUT2D eigenvalue weighted by molar-refractivity contribution is 7.91. The van der Waals surface area contributed by atoms with Gasteiger partial charge < -0.3 is 9.84 Å². The first-order valence-electron chi connectivity index (χ1n) is 6.79. The van der Waals surface area contributed by atoms with Gasteiger partial charge in [0.05, 0.1) is 10.6 Å². The summed E-state index contributed by atoms with van der Waals surface area (Å²) in [4.78, 5) is 4.62. The van der Waals surface area contributed by atoms with Crippen LogP contribution in [-0.4, -0.2) is 37.4 Å². The van der Waals surface area contributed by atoms with Crippen LogP contribution < -0.4 is 5.32 Å². The van der Waals surface area contributed by atoms with E-state index in [1.165, 1.54) is 0 Å². The molecule has 0 fully saturated rings. The van der Waals surface area contributed by atoms with Gasteiger partial charge in [-0.05, 0) is 38.2 Å². The second kappa shape index (κ2) is 6.36. The Balaban J connectivity index is 2.20. The van der Waals surface area contributed by atoms with Crippen LogP contribution in [0.3, 0.4) is 0 Å². The Morgan fingerprint density at radius 1 is 1.29 bits per heavy atom. The second-order valence-electron chi connectivity index (χ2n) is 4.84. The van der Waals surface area contributed by atoms with Crippen LogP contribution >= 0.6 is 0 Å². The van der Waals surface area contributed by atoms with Gasteiger partial charge in [0, 0.05) is 18.0 Å². The number of benzene rings is 1. The molecule has 1 atom stereocenters. The van der Waals surface area contributed by atoms with E-state index in [9.17, 15) is 8.42 Å². The molecule has 7 heteroatoms. The van der Waals surface area contributed by atoms with E-state index in [1.807, 2.05) is 14.0 Å². The SMILES string of the molecule is CCS(=O)(=O)c1ccc(-c2nc(CC(C)NC)no2)cc1. The minimum absolute atomic E-state index is 0.0823. The minimum Gasteiger partial charge on any atom is -0.334 e. The van der Waals surface area contributed by atoms with Crippen molar-refractivity contribution in [1.29, 1.82) is 0 Å². The zero-order valence-electron chi connectivity index (χ0n) is 12.3. The van der Waals surface area contributed by atoms with Crippen molar-refractivity contribution in [2.24, 2.45) is 0 Å². The van der Waals surface area contributed by atoms with Crippen molar-refractivity contribution in [3.63, 3.8) is 0 Å². The van der Waals surface area contributed by atoms with Gasteiger partial charge in [-0.25, -0.2) is 8.42 Å². The predicted molar refractivity (Wildman–Crippen MR) is 79.7 cm³/mol. The van der Waals surface area contributed by atoms with Crippen molar-refractivity contribution < 1.29 is 12.9 Å². The monoisotopic (exact) mass is 309 g/mol. The molecule has 0 spiro atoms. The Bertz CT molecular complexity index is 693. The van der Waals surface area contributed by atoms with Crippen LogP contribution in [0.25, 0.3) is 11.5 Å². The molecule has 1 unspecified atom stereocenters. The van der Waals surface area contributed by atoms with Gasteiger partial charge in [-0.3, -0.25) is 0 Å². The molecule has 0 aliphatic rings. The van der Waals surface area contributed by atoms with Gasteiger partial charge in [0.25, 0.3) is 5.89 Å². The zero-order chi connectivity index (χ0) is 15.5. The fourth-order valence-corrected chi connectivity index (χ4v) is 2.69. The topological polar surface area (TPSA) is 85.1 Å². The molecule has 0 bridgehead atoms. The first kappa shape index (κ1) is 15.7. The molecule has 21 heavy (non-hydrogen) atoms. The Kier molecular flexibility index (Phi) is 4.74. The van der Waals surface area contributed by atoms with Gasteiger partial charge in [-0.15, -0.1) is 0 Å². The predicted octanol–water partition coefficient (Wildman–Crippen LogP) is 1.68. The number of likely N-dealkylation sites (N-methyl/N-ethyl adjacent to an activating group) is 1. The zero-order valence-corrected chi connectivity index (χ0v) is 13.1. The lowest BCUT2D eigenvalue weighted by Gasteiger charge is -2.04. The molecular weight excluding hydrogens is 290 g/mol. The number of nitrogens with one attached hydrogen (secondary N) is 1. The Morgan fingerprint density at radius 3 is 2.52 bits per heavy atom. The first-order valence-corrected chi connectivity index (χ1v) is 8.44. The van der Waals surface area contributed by atoms with Gasteiger partial charge in [0.15, 0.2) is 15.7 Å². The summed E-state index contributed by atoms with van der Waals surface area (Å²) in [6.45, 7) is 3.65. The third-order valence-corrected chi connectivity index (χ3v) is 5.04. The molecule has 0 saturated carbocycles. The van der Waals surface area contributed by atoms with Crippen molar-refractivity contribution in [3.05, 3.63) is 30.1 Å². The molecule has 1 aromatic carbocycles. The maximum Gasteiger partial charge on any atom is 0.257 e. The smallest absolute Gasteiger partial charge is 0.257 e. The van der Waals surface area contributed by atoms with E-state index in [-0.39, 0.29) is 11.8 Å². The van der Waals surface area contributed by atoms with Crippen molar-refractivity contribution >= 4 is 9.84 Å². The molecule has 0 amide bonds. The Labute approximate surface area is 124 Å². The summed E-state index contributed by atoms with van der Waals surface area (Å²) in [5.74, 6) is 1.10. The number of sulfone groups is 1. The normalized spacial score (nSPS) is 13.3. The van der Waals surface area contributed by atoms with Crippen LogP contribution in [0.4, 0.5) is 0 Å². The number of nitrogens with zero attached hydrogens (tertiary/aromatic N) is 2. The molecular formula is C14H19N3O3S. The molecule has 6 nitrogen and oxygen atoms in total. The largest absolute Gasteiger partial charge is 0.334 e. The van der Waals surface area contributed by atoms with Gasteiger partial charge in [-0.2, -0.15) is 4.98 Å². The van der Waals surface area contributed by atoms with E-state index in [0.717, 1.165) is 0 Å². The third-order valence-electron chi connectivity index (χ3n) is 3.29. The number of rotatable bonds is 6. The highest BCUT2D eigenvalue weighted by atomic mass is 32.2. The van der Waals surface area contributed by atoms with E-state index in [0.29, 0.717) is 28.6 Å². The number of aromatic nitrogens is 2. The van der Waals surface area contributed by atoms with Crippen molar-refractivity contribution in [2.75, 3.05) is 12.8 Å². The van der Waals surface area contributed by atoms with Crippen molar-refractivity contribution in [3.8, 4) is 11.5 Å². The van der Waals surface area contributed by atoms with E-state index in [2.05, 4.69) is 15.5 Å². The summed E-state index contributed by atoms with van der Waals surface area (Å²) in [7, 11) is -1.31. The lowest BCUT2D eigenvalue weighted by atomic mass is 10.2. The fourth-order valence-electron chi connectivity index (χ4n) is 1.80. The average Bonchev–Trinajstić information content (AvgIpc) is 2.95.